The molecule has 32 valence electrons. The van der Waals surface area contributed by atoms with Gasteiger partial charge in [-0.05, 0) is 0 Å². The molecule has 5 heavy (non-hydrogen) atoms. The molecule has 0 spiro atoms. The quantitative estimate of drug-likeness (QED) is 0.414. The molecule has 0 aromatic carbocycles. The Morgan fingerprint density at radius 2 is 1.00 bits per heavy atom. The summed E-state index contributed by atoms with van der Waals surface area (Å²) in [6.45, 7) is 0. The van der Waals surface area contributed by atoms with E-state index in [0.29, 0.717) is 0 Å². The second-order valence-electron chi connectivity index (χ2n) is 0.0833. The first-order chi connectivity index (χ1) is 1.41. The minimum absolute atomic E-state index is 0. The van der Waals surface area contributed by atoms with Crippen LogP contribution in [0, 0.1) is 0 Å². The van der Waals surface area contributed by atoms with Gasteiger partial charge in [0.05, 0.1) is 0 Å². The van der Waals surface area contributed by atoms with E-state index < -0.39 is 19.1 Å². The second kappa shape index (κ2) is 18.2. The first-order valence-electron chi connectivity index (χ1n) is 0.408. The maximum atomic E-state index is 8.50. The zero-order valence-electron chi connectivity index (χ0n) is 1.32. The SMILES string of the molecule is [GeH4].[GeH4].[O]=[Ti]=[O]. The van der Waals surface area contributed by atoms with Crippen molar-refractivity contribution < 1.29 is 25.7 Å². The molecule has 0 N–H and O–H groups in total. The van der Waals surface area contributed by atoms with Crippen molar-refractivity contribution in [3.8, 4) is 0 Å². The molecule has 0 fully saturated rings. The van der Waals surface area contributed by atoms with E-state index in [1.165, 1.54) is 0 Å². The third-order valence-corrected chi connectivity index (χ3v) is 0. The van der Waals surface area contributed by atoms with Crippen molar-refractivity contribution in [3.63, 3.8) is 0 Å². The van der Waals surface area contributed by atoms with Crippen LogP contribution in [0.2, 0.25) is 0 Å². The molecule has 0 bridgehead atoms. The van der Waals surface area contributed by atoms with Crippen molar-refractivity contribution in [1.82, 2.24) is 0 Å². The number of hydrogen-bond donors (Lipinski definition) is 0. The summed E-state index contributed by atoms with van der Waals surface area (Å²) in [6.07, 6.45) is 0. The molecule has 0 radical (unpaired) electrons. The Labute approximate surface area is 60.6 Å². The molecule has 0 aromatic rings. The summed E-state index contributed by atoms with van der Waals surface area (Å²) >= 11 is -2.00. The van der Waals surface area contributed by atoms with E-state index in [4.69, 9.17) is 6.65 Å². The van der Waals surface area contributed by atoms with Crippen LogP contribution in [0.1, 0.15) is 0 Å². The topological polar surface area (TPSA) is 34.1 Å². The van der Waals surface area contributed by atoms with Gasteiger partial charge in [-0.3, -0.25) is 0 Å². The Balaban J connectivity index is -0.0000000200. The fourth-order valence-electron chi connectivity index (χ4n) is 0. The van der Waals surface area contributed by atoms with Gasteiger partial charge in [0, 0.05) is 0 Å². The van der Waals surface area contributed by atoms with Gasteiger partial charge in [-0.2, -0.15) is 0 Å². The molecule has 0 amide bonds. The van der Waals surface area contributed by atoms with Gasteiger partial charge in [-0.25, -0.2) is 0 Å². The molecule has 0 aliphatic heterocycles. The van der Waals surface area contributed by atoms with Crippen LogP contribution in [0.25, 0.3) is 0 Å². The van der Waals surface area contributed by atoms with Crippen LogP contribution in [-0.2, 0) is 25.7 Å². The van der Waals surface area contributed by atoms with Crippen LogP contribution in [-0.4, -0.2) is 35.2 Å². The van der Waals surface area contributed by atoms with Crippen molar-refractivity contribution >= 4 is 35.2 Å². The molecule has 0 saturated heterocycles. The summed E-state index contributed by atoms with van der Waals surface area (Å²) in [7, 11) is 0. The zero-order valence-corrected chi connectivity index (χ0v) is 2.88. The number of hydrogen-bond acceptors (Lipinski definition) is 2. The summed E-state index contributed by atoms with van der Waals surface area (Å²) < 4.78 is 17.0. The predicted octanol–water partition coefficient (Wildman–Crippen LogP) is -3.14. The Bertz CT molecular complexity index is 28.6. The Morgan fingerprint density at radius 1 is 1.00 bits per heavy atom. The van der Waals surface area contributed by atoms with Crippen molar-refractivity contribution in [1.29, 1.82) is 0 Å². The maximum absolute atomic E-state index is 8.50. The van der Waals surface area contributed by atoms with Crippen LogP contribution in [0.4, 0.5) is 0 Å². The minimum atomic E-state index is -2.00. The molecule has 5 heteroatoms. The van der Waals surface area contributed by atoms with Crippen molar-refractivity contribution in [3.05, 3.63) is 0 Å². The van der Waals surface area contributed by atoms with Gasteiger partial charge in [0.15, 0.2) is 0 Å². The summed E-state index contributed by atoms with van der Waals surface area (Å²) in [6, 6.07) is 0. The summed E-state index contributed by atoms with van der Waals surface area (Å²) in [5, 5.41) is 0. The van der Waals surface area contributed by atoms with E-state index in [-0.39, 0.29) is 35.2 Å². The molecule has 0 heterocycles. The van der Waals surface area contributed by atoms with Gasteiger partial charge in [0.1, 0.15) is 0 Å². The Morgan fingerprint density at radius 3 is 1.00 bits per heavy atom. The van der Waals surface area contributed by atoms with Crippen molar-refractivity contribution in [2.45, 2.75) is 0 Å². The van der Waals surface area contributed by atoms with E-state index in [1.54, 1.807) is 0 Å². The number of rotatable bonds is 0. The molecule has 0 aliphatic rings. The van der Waals surface area contributed by atoms with Gasteiger partial charge in [0.2, 0.25) is 0 Å². The molecular weight excluding hydrogens is 225 g/mol. The Kier molecular flexibility index (Phi) is 58.6. The van der Waals surface area contributed by atoms with Crippen LogP contribution >= 0.6 is 0 Å². The monoisotopic (exact) mass is 236 g/mol. The third kappa shape index (κ3) is 31.8. The molecule has 0 aliphatic carbocycles. The average molecular weight is 233 g/mol. The molecule has 0 atom stereocenters. The van der Waals surface area contributed by atoms with Gasteiger partial charge < -0.3 is 0 Å². The van der Waals surface area contributed by atoms with E-state index in [2.05, 4.69) is 0 Å². The van der Waals surface area contributed by atoms with Crippen LogP contribution in [0.15, 0.2) is 0 Å². The third-order valence-electron chi connectivity index (χ3n) is 0. The summed E-state index contributed by atoms with van der Waals surface area (Å²) in [4.78, 5) is 0. The fourth-order valence-corrected chi connectivity index (χ4v) is 0. The van der Waals surface area contributed by atoms with Gasteiger partial charge in [-0.1, -0.05) is 0 Å². The second-order valence-corrected chi connectivity index (χ2v) is 0.344. The fraction of sp³-hybridized carbons (Fsp3) is 0. The Hall–Kier alpha value is 1.40. The van der Waals surface area contributed by atoms with Crippen molar-refractivity contribution in [2.75, 3.05) is 0 Å². The van der Waals surface area contributed by atoms with Crippen LogP contribution in [0.5, 0.6) is 0 Å². The molecule has 0 unspecified atom stereocenters. The average Bonchev–Trinajstić information content (AvgIpc) is 0.918. The van der Waals surface area contributed by atoms with Gasteiger partial charge in [-0.15, -0.1) is 0 Å². The molecule has 2 nitrogen and oxygen atoms in total. The summed E-state index contributed by atoms with van der Waals surface area (Å²) in [5.41, 5.74) is 0. The molecule has 0 saturated carbocycles. The molecule has 0 aromatic heterocycles. The van der Waals surface area contributed by atoms with Crippen molar-refractivity contribution in [2.24, 2.45) is 0 Å². The van der Waals surface area contributed by atoms with E-state index in [1.807, 2.05) is 0 Å². The van der Waals surface area contributed by atoms with Crippen LogP contribution < -0.4 is 0 Å². The van der Waals surface area contributed by atoms with E-state index in [9.17, 15) is 0 Å². The zero-order chi connectivity index (χ0) is 2.71. The van der Waals surface area contributed by atoms with Gasteiger partial charge in [0.25, 0.3) is 0 Å². The summed E-state index contributed by atoms with van der Waals surface area (Å²) in [5.74, 6) is 0. The van der Waals surface area contributed by atoms with Crippen LogP contribution in [0.3, 0.4) is 0 Å². The standard InChI is InChI=1S/2GeH4.2O.Ti/h2*1H4;;;. The molecule has 0 rings (SSSR count). The first kappa shape index (κ1) is 16.1. The predicted molar refractivity (Wildman–Crippen MR) is 24.0 cm³/mol. The van der Waals surface area contributed by atoms with Gasteiger partial charge >= 0.3 is 60.9 Å². The normalized spacial score (nSPS) is 1.60. The first-order valence-corrected chi connectivity index (χ1v) is 1.68. The van der Waals surface area contributed by atoms with E-state index in [0.717, 1.165) is 0 Å². The van der Waals surface area contributed by atoms with E-state index >= 15 is 0 Å². The molecular formula is H8Ge2O2Ti.